The Labute approximate surface area is 389 Å². The number of hydrogen-bond donors (Lipinski definition) is 2. The predicted molar refractivity (Wildman–Crippen MR) is 259 cm³/mol. The van der Waals surface area contributed by atoms with Crippen molar-refractivity contribution in [2.75, 3.05) is 6.61 Å². The molecule has 330 valence electrons. The van der Waals surface area contributed by atoms with Crippen molar-refractivity contribution in [3.63, 3.8) is 0 Å². The largest absolute Gasteiger partial charge is 0.573 e. The molecule has 0 spiro atoms. The van der Waals surface area contributed by atoms with Gasteiger partial charge in [-0.1, -0.05) is 105 Å². The van der Waals surface area contributed by atoms with Crippen molar-refractivity contribution in [2.24, 2.45) is 0 Å². The number of H-pyrrole nitrogens is 2. The van der Waals surface area contributed by atoms with Gasteiger partial charge in [-0.25, -0.2) is 0 Å². The van der Waals surface area contributed by atoms with Crippen LogP contribution in [0.25, 0.3) is 87.7 Å². The van der Waals surface area contributed by atoms with Gasteiger partial charge < -0.3 is 24.0 Å². The molecule has 0 bridgehead atoms. The highest BCUT2D eigenvalue weighted by Crippen LogP contribution is 2.36. The maximum Gasteiger partial charge on any atom is 0.573 e. The Hall–Kier alpha value is -6.54. The van der Waals surface area contributed by atoms with Crippen LogP contribution in [-0.4, -0.2) is 33.6 Å². The van der Waals surface area contributed by atoms with Gasteiger partial charge in [0.25, 0.3) is 0 Å². The number of para-hydroxylation sites is 2. The molecule has 13 heteroatoms. The maximum atomic E-state index is 12.7. The lowest BCUT2D eigenvalue weighted by molar-refractivity contribution is -0.274. The molecule has 8 aromatic carbocycles. The highest BCUT2D eigenvalue weighted by atomic mass is 79.9. The number of alkyl halides is 6. The molecule has 0 amide bonds. The Morgan fingerprint density at radius 2 is 0.939 bits per heavy atom. The number of aromatic nitrogens is 3. The summed E-state index contributed by atoms with van der Waals surface area (Å²) in [5.74, 6) is -0.223. The molecule has 0 saturated carbocycles. The fraction of sp³-hybridized carbons (Fsp3) is 0.0943. The average Bonchev–Trinajstić information content (AvgIpc) is 3.84. The van der Waals surface area contributed by atoms with E-state index >= 15 is 0 Å². The Morgan fingerprint density at radius 1 is 0.500 bits per heavy atom. The summed E-state index contributed by atoms with van der Waals surface area (Å²) in [7, 11) is 0. The molecule has 0 aliphatic carbocycles. The second-order valence-electron chi connectivity index (χ2n) is 15.9. The van der Waals surface area contributed by atoms with Crippen molar-refractivity contribution in [1.29, 1.82) is 0 Å². The molecular formula is C53H35Br2F6N3O2. The van der Waals surface area contributed by atoms with Crippen LogP contribution in [0.5, 0.6) is 5.75 Å². The summed E-state index contributed by atoms with van der Waals surface area (Å²) in [5.41, 5.74) is 9.49. The standard InChI is InChI=1S/C19H12F3NO.C19H12F3N.C15H11Br2NO/c20-19(21,22)24-14-8-5-12(6-9-14)13-7-10-18-16(11-13)15-3-1-2-4-17(15)23-18;20-19(21,22)14-8-5-12(6-9-14)13-7-10-18-16(11-13)15-3-1-2-4-17(15)23-18;16-9-1-3-14-12(5-9)13-6-10(17)2-4-15(13)18(14)7-11-8-19-11/h1-11,23H;1-11,23H;1-6,11H,7-8H2. The first-order valence-electron chi connectivity index (χ1n) is 20.8. The second kappa shape index (κ2) is 17.4. The molecule has 66 heavy (non-hydrogen) atoms. The predicted octanol–water partition coefficient (Wildman–Crippen LogP) is 16.6. The molecule has 12 rings (SSSR count). The van der Waals surface area contributed by atoms with E-state index in [-0.39, 0.29) is 5.75 Å². The second-order valence-corrected chi connectivity index (χ2v) is 17.7. The first-order valence-corrected chi connectivity index (χ1v) is 22.4. The van der Waals surface area contributed by atoms with E-state index in [1.54, 1.807) is 12.1 Å². The normalized spacial score (nSPS) is 13.8. The molecule has 1 atom stereocenters. The first-order chi connectivity index (χ1) is 31.7. The third-order valence-electron chi connectivity index (χ3n) is 11.6. The zero-order chi connectivity index (χ0) is 45.7. The van der Waals surface area contributed by atoms with Crippen LogP contribution in [-0.2, 0) is 17.5 Å². The summed E-state index contributed by atoms with van der Waals surface area (Å²) >= 11 is 7.13. The fourth-order valence-electron chi connectivity index (χ4n) is 8.38. The summed E-state index contributed by atoms with van der Waals surface area (Å²) in [6.45, 7) is 1.82. The van der Waals surface area contributed by atoms with Crippen molar-refractivity contribution < 1.29 is 35.8 Å². The molecule has 1 saturated heterocycles. The number of aromatic amines is 2. The van der Waals surface area contributed by atoms with Crippen LogP contribution in [0.3, 0.4) is 0 Å². The van der Waals surface area contributed by atoms with E-state index in [9.17, 15) is 26.3 Å². The highest BCUT2D eigenvalue weighted by molar-refractivity contribution is 9.10. The number of benzene rings is 8. The van der Waals surface area contributed by atoms with Gasteiger partial charge in [0.2, 0.25) is 0 Å². The van der Waals surface area contributed by atoms with Crippen LogP contribution >= 0.6 is 31.9 Å². The van der Waals surface area contributed by atoms with Gasteiger partial charge in [0.15, 0.2) is 0 Å². The Morgan fingerprint density at radius 3 is 1.39 bits per heavy atom. The number of nitrogens with zero attached hydrogens (tertiary/aromatic N) is 1. The molecule has 3 aromatic heterocycles. The molecule has 4 heterocycles. The van der Waals surface area contributed by atoms with Gasteiger partial charge in [0, 0.05) is 74.4 Å². The number of fused-ring (bicyclic) bond motifs is 9. The van der Waals surface area contributed by atoms with Gasteiger partial charge in [0.05, 0.1) is 24.8 Å². The molecule has 5 nitrogen and oxygen atoms in total. The van der Waals surface area contributed by atoms with Crippen LogP contribution < -0.4 is 4.74 Å². The van der Waals surface area contributed by atoms with Crippen molar-refractivity contribution in [1.82, 2.24) is 14.5 Å². The van der Waals surface area contributed by atoms with E-state index in [4.69, 9.17) is 4.74 Å². The summed E-state index contributed by atoms with van der Waals surface area (Å²) < 4.78 is 88.5. The number of rotatable bonds is 5. The molecule has 1 aliphatic heterocycles. The van der Waals surface area contributed by atoms with E-state index in [1.807, 2.05) is 84.9 Å². The minimum absolute atomic E-state index is 0.223. The first kappa shape index (κ1) is 43.4. The zero-order valence-electron chi connectivity index (χ0n) is 34.4. The van der Waals surface area contributed by atoms with Gasteiger partial charge in [0.1, 0.15) is 5.75 Å². The summed E-state index contributed by atoms with van der Waals surface area (Å²) in [5, 5.41) is 6.94. The van der Waals surface area contributed by atoms with Crippen LogP contribution in [0.2, 0.25) is 0 Å². The van der Waals surface area contributed by atoms with Crippen molar-refractivity contribution in [2.45, 2.75) is 25.2 Å². The Balaban J connectivity index is 0.000000117. The van der Waals surface area contributed by atoms with Crippen molar-refractivity contribution in [3.8, 4) is 28.0 Å². The average molecular weight is 1020 g/mol. The SMILES string of the molecule is Brc1ccc2c(c1)c1cc(Br)ccc1n2CC1CO1.FC(F)(F)Oc1ccc(-c2ccc3[nH]c4ccccc4c3c2)cc1.FC(F)(F)c1ccc(-c2ccc3[nH]c4ccccc4c3c2)cc1. The summed E-state index contributed by atoms with van der Waals surface area (Å²) in [6.07, 6.45) is -8.60. The summed E-state index contributed by atoms with van der Waals surface area (Å²) in [6, 6.07) is 51.9. The third-order valence-corrected chi connectivity index (χ3v) is 12.5. The lowest BCUT2D eigenvalue weighted by Crippen LogP contribution is -2.16. The number of nitrogens with one attached hydrogen (secondary N) is 2. The lowest BCUT2D eigenvalue weighted by Gasteiger charge is -2.09. The quantitative estimate of drug-likeness (QED) is 0.133. The monoisotopic (exact) mass is 1020 g/mol. The van der Waals surface area contributed by atoms with E-state index < -0.39 is 18.1 Å². The molecule has 2 N–H and O–H groups in total. The Bertz CT molecular complexity index is 3490. The van der Waals surface area contributed by atoms with E-state index in [0.717, 1.165) is 100 Å². The fourth-order valence-corrected chi connectivity index (χ4v) is 9.10. The lowest BCUT2D eigenvalue weighted by atomic mass is 10.0. The number of hydrogen-bond acceptors (Lipinski definition) is 2. The molecule has 1 aliphatic rings. The van der Waals surface area contributed by atoms with Gasteiger partial charge in [-0.15, -0.1) is 13.2 Å². The van der Waals surface area contributed by atoms with Crippen LogP contribution in [0.15, 0.2) is 179 Å². The third kappa shape index (κ3) is 9.15. The van der Waals surface area contributed by atoms with Crippen LogP contribution in [0, 0.1) is 0 Å². The summed E-state index contributed by atoms with van der Waals surface area (Å²) in [4.78, 5) is 6.68. The van der Waals surface area contributed by atoms with Crippen molar-refractivity contribution in [3.05, 3.63) is 184 Å². The molecule has 11 aromatic rings. The van der Waals surface area contributed by atoms with E-state index in [1.165, 1.54) is 46.1 Å². The van der Waals surface area contributed by atoms with E-state index in [0.29, 0.717) is 6.10 Å². The zero-order valence-corrected chi connectivity index (χ0v) is 37.6. The van der Waals surface area contributed by atoms with E-state index in [2.05, 4.69) is 87.5 Å². The molecule has 0 radical (unpaired) electrons. The highest BCUT2D eigenvalue weighted by Gasteiger charge is 2.31. The van der Waals surface area contributed by atoms with Crippen LogP contribution in [0.1, 0.15) is 5.56 Å². The molecular weight excluding hydrogens is 984 g/mol. The van der Waals surface area contributed by atoms with Gasteiger partial charge in [-0.2, -0.15) is 13.2 Å². The van der Waals surface area contributed by atoms with Crippen LogP contribution in [0.4, 0.5) is 26.3 Å². The number of epoxide rings is 1. The topological polar surface area (TPSA) is 58.3 Å². The Kier molecular flexibility index (Phi) is 11.4. The number of halogens is 8. The minimum atomic E-state index is -4.68. The van der Waals surface area contributed by atoms with Gasteiger partial charge >= 0.3 is 12.5 Å². The smallest absolute Gasteiger partial charge is 0.406 e. The van der Waals surface area contributed by atoms with Gasteiger partial charge in [-0.3, -0.25) is 0 Å². The molecule has 1 fully saturated rings. The van der Waals surface area contributed by atoms with Crippen molar-refractivity contribution >= 4 is 97.3 Å². The van der Waals surface area contributed by atoms with Gasteiger partial charge in [-0.05, 0) is 119 Å². The minimum Gasteiger partial charge on any atom is -0.406 e. The molecule has 1 unspecified atom stereocenters. The maximum absolute atomic E-state index is 12.7. The number of ether oxygens (including phenoxy) is 2.